The van der Waals surface area contributed by atoms with Crippen molar-refractivity contribution in [2.75, 3.05) is 0 Å². The van der Waals surface area contributed by atoms with Crippen LogP contribution in [0.15, 0.2) is 78.0 Å². The van der Waals surface area contributed by atoms with Crippen LogP contribution in [0.2, 0.25) is 0 Å². The molecule has 1 saturated heterocycles. The third kappa shape index (κ3) is 2.99. The highest BCUT2D eigenvalue weighted by molar-refractivity contribution is 5.67. The molecule has 1 aromatic heterocycles. The van der Waals surface area contributed by atoms with Crippen molar-refractivity contribution in [3.8, 4) is 5.69 Å². The zero-order valence-electron chi connectivity index (χ0n) is 19.1. The predicted octanol–water partition coefficient (Wildman–Crippen LogP) is 6.18. The van der Waals surface area contributed by atoms with Crippen molar-refractivity contribution < 1.29 is 13.9 Å². The van der Waals surface area contributed by atoms with Crippen LogP contribution in [0.4, 0.5) is 4.39 Å². The van der Waals surface area contributed by atoms with E-state index in [0.29, 0.717) is 6.42 Å². The molecule has 4 nitrogen and oxygen atoms in total. The van der Waals surface area contributed by atoms with Gasteiger partial charge in [-0.3, -0.25) is 0 Å². The van der Waals surface area contributed by atoms with Gasteiger partial charge in [0.15, 0.2) is 5.79 Å². The van der Waals surface area contributed by atoms with Gasteiger partial charge in [-0.05, 0) is 74.2 Å². The number of benzene rings is 2. The lowest BCUT2D eigenvalue weighted by molar-refractivity contribution is -0.235. The maximum atomic E-state index is 13.5. The SMILES string of the molecule is CC1=CCC2(O[C@H](c3ccccc3)[C@@H](C)O2)[C@@]2(C)Cc3cnn(-c4ccc(F)cc4)c3C=C12. The molecule has 0 saturated carbocycles. The van der Waals surface area contributed by atoms with Crippen LogP contribution in [0.1, 0.15) is 50.1 Å². The molecule has 1 fully saturated rings. The minimum absolute atomic E-state index is 0.0550. The molecule has 6 rings (SSSR count). The fourth-order valence-corrected chi connectivity index (χ4v) is 5.78. The Balaban J connectivity index is 1.43. The molecule has 2 aliphatic carbocycles. The summed E-state index contributed by atoms with van der Waals surface area (Å²) in [4.78, 5) is 0. The van der Waals surface area contributed by atoms with E-state index >= 15 is 0 Å². The Morgan fingerprint density at radius 3 is 2.58 bits per heavy atom. The number of hydrogen-bond acceptors (Lipinski definition) is 3. The summed E-state index contributed by atoms with van der Waals surface area (Å²) in [6, 6.07) is 16.8. The highest BCUT2D eigenvalue weighted by Gasteiger charge is 2.61. The van der Waals surface area contributed by atoms with Gasteiger partial charge in [-0.15, -0.1) is 0 Å². The first-order valence-electron chi connectivity index (χ1n) is 11.5. The van der Waals surface area contributed by atoms with E-state index in [-0.39, 0.29) is 23.4 Å². The summed E-state index contributed by atoms with van der Waals surface area (Å²) in [5, 5.41) is 4.65. The van der Waals surface area contributed by atoms with Crippen LogP contribution in [-0.4, -0.2) is 21.7 Å². The Morgan fingerprint density at radius 1 is 1.06 bits per heavy atom. The van der Waals surface area contributed by atoms with Crippen LogP contribution in [0.3, 0.4) is 0 Å². The van der Waals surface area contributed by atoms with E-state index in [4.69, 9.17) is 9.47 Å². The van der Waals surface area contributed by atoms with Crippen molar-refractivity contribution in [2.45, 2.75) is 51.6 Å². The Bertz CT molecular complexity index is 1280. The third-order valence-electron chi connectivity index (χ3n) is 7.57. The van der Waals surface area contributed by atoms with Crippen LogP contribution in [-0.2, 0) is 15.9 Å². The van der Waals surface area contributed by atoms with E-state index < -0.39 is 5.79 Å². The maximum Gasteiger partial charge on any atom is 0.182 e. The second-order valence-electron chi connectivity index (χ2n) is 9.63. The van der Waals surface area contributed by atoms with Gasteiger partial charge in [0.2, 0.25) is 0 Å². The number of rotatable bonds is 2. The zero-order chi connectivity index (χ0) is 22.8. The monoisotopic (exact) mass is 442 g/mol. The van der Waals surface area contributed by atoms with Gasteiger partial charge in [0.1, 0.15) is 11.9 Å². The quantitative estimate of drug-likeness (QED) is 0.475. The standard InChI is InChI=1S/C28H27FN2O2/c1-18-13-14-28(32-19(2)26(33-28)20-7-5-4-6-8-20)27(3)16-21-17-30-31(25(21)15-24(18)27)23-11-9-22(29)10-12-23/h4-13,15,17,19,26H,14,16H2,1-3H3/t19-,26+,27+,28?/m1/s1. The molecule has 0 radical (unpaired) electrons. The van der Waals surface area contributed by atoms with E-state index in [1.165, 1.54) is 23.3 Å². The molecule has 168 valence electrons. The topological polar surface area (TPSA) is 36.3 Å². The van der Waals surface area contributed by atoms with Gasteiger partial charge in [-0.2, -0.15) is 5.10 Å². The molecule has 2 heterocycles. The number of nitrogens with zero attached hydrogens (tertiary/aromatic N) is 2. The molecule has 3 aliphatic rings. The van der Waals surface area contributed by atoms with Gasteiger partial charge < -0.3 is 9.47 Å². The smallest absolute Gasteiger partial charge is 0.182 e. The molecule has 0 N–H and O–H groups in total. The molecule has 1 aliphatic heterocycles. The molecular formula is C28H27FN2O2. The van der Waals surface area contributed by atoms with Crippen molar-refractivity contribution in [1.29, 1.82) is 0 Å². The van der Waals surface area contributed by atoms with Crippen molar-refractivity contribution in [1.82, 2.24) is 9.78 Å². The number of hydrogen-bond donors (Lipinski definition) is 0. The minimum Gasteiger partial charge on any atom is -0.343 e. The first kappa shape index (κ1) is 20.6. The number of halogens is 1. The molecule has 2 aromatic carbocycles. The third-order valence-corrected chi connectivity index (χ3v) is 7.57. The highest BCUT2D eigenvalue weighted by Crippen LogP contribution is 2.59. The Morgan fingerprint density at radius 2 is 1.82 bits per heavy atom. The van der Waals surface area contributed by atoms with Crippen LogP contribution in [0, 0.1) is 11.2 Å². The van der Waals surface area contributed by atoms with E-state index in [0.717, 1.165) is 28.9 Å². The van der Waals surface area contributed by atoms with E-state index in [1.807, 2.05) is 29.1 Å². The largest absolute Gasteiger partial charge is 0.343 e. The van der Waals surface area contributed by atoms with E-state index in [1.54, 1.807) is 12.1 Å². The average molecular weight is 443 g/mol. The van der Waals surface area contributed by atoms with Gasteiger partial charge in [0.25, 0.3) is 0 Å². The van der Waals surface area contributed by atoms with Gasteiger partial charge >= 0.3 is 0 Å². The summed E-state index contributed by atoms with van der Waals surface area (Å²) < 4.78 is 28.9. The first-order valence-corrected chi connectivity index (χ1v) is 11.5. The van der Waals surface area contributed by atoms with Gasteiger partial charge in [0, 0.05) is 6.42 Å². The fraction of sp³-hybridized carbons (Fsp3) is 0.321. The van der Waals surface area contributed by atoms with Crippen LogP contribution >= 0.6 is 0 Å². The summed E-state index contributed by atoms with van der Waals surface area (Å²) in [5.41, 5.74) is 6.26. The molecule has 0 bridgehead atoms. The van der Waals surface area contributed by atoms with Crippen molar-refractivity contribution in [3.05, 3.63) is 101 Å². The summed E-state index contributed by atoms with van der Waals surface area (Å²) in [6.07, 6.45) is 7.68. The average Bonchev–Trinajstić information content (AvgIpc) is 3.38. The fourth-order valence-electron chi connectivity index (χ4n) is 5.78. The number of aromatic nitrogens is 2. The van der Waals surface area contributed by atoms with E-state index in [2.05, 4.69) is 50.2 Å². The molecule has 5 heteroatoms. The zero-order valence-corrected chi connectivity index (χ0v) is 19.1. The predicted molar refractivity (Wildman–Crippen MR) is 125 cm³/mol. The lowest BCUT2D eigenvalue weighted by atomic mass is 9.62. The normalized spacial score (nSPS) is 30.5. The summed E-state index contributed by atoms with van der Waals surface area (Å²) in [7, 11) is 0. The number of fused-ring (bicyclic) bond motifs is 3. The Labute approximate surface area is 193 Å². The number of ether oxygens (including phenoxy) is 2. The molecule has 3 aromatic rings. The lowest BCUT2D eigenvalue weighted by Gasteiger charge is -2.50. The summed E-state index contributed by atoms with van der Waals surface area (Å²) >= 11 is 0. The molecular weight excluding hydrogens is 415 g/mol. The Hall–Kier alpha value is -3.02. The maximum absolute atomic E-state index is 13.5. The lowest BCUT2D eigenvalue weighted by Crippen LogP contribution is -2.53. The first-order chi connectivity index (χ1) is 15.9. The molecule has 4 atom stereocenters. The van der Waals surface area contributed by atoms with Crippen molar-refractivity contribution >= 4 is 6.08 Å². The van der Waals surface area contributed by atoms with Crippen LogP contribution in [0.25, 0.3) is 11.8 Å². The van der Waals surface area contributed by atoms with Crippen molar-refractivity contribution in [2.24, 2.45) is 5.41 Å². The molecule has 1 spiro atoms. The highest BCUT2D eigenvalue weighted by atomic mass is 19.1. The van der Waals surface area contributed by atoms with Gasteiger partial charge in [-0.1, -0.05) is 42.0 Å². The Kier molecular flexibility index (Phi) is 4.51. The second-order valence-corrected chi connectivity index (χ2v) is 9.63. The molecule has 0 amide bonds. The summed E-state index contributed by atoms with van der Waals surface area (Å²) in [6.45, 7) is 6.52. The van der Waals surface area contributed by atoms with Crippen LogP contribution in [0.5, 0.6) is 0 Å². The van der Waals surface area contributed by atoms with Crippen LogP contribution < -0.4 is 0 Å². The van der Waals surface area contributed by atoms with Gasteiger partial charge in [-0.25, -0.2) is 9.07 Å². The van der Waals surface area contributed by atoms with Crippen molar-refractivity contribution in [3.63, 3.8) is 0 Å². The van der Waals surface area contributed by atoms with Gasteiger partial charge in [0.05, 0.1) is 29.1 Å². The molecule has 33 heavy (non-hydrogen) atoms. The van der Waals surface area contributed by atoms with E-state index in [9.17, 15) is 4.39 Å². The second kappa shape index (κ2) is 7.24. The minimum atomic E-state index is -0.742. The molecule has 1 unspecified atom stereocenters. The summed E-state index contributed by atoms with van der Waals surface area (Å²) in [5.74, 6) is -0.996. The number of allylic oxidation sites excluding steroid dienone is 1.